The molecule has 0 aliphatic heterocycles. The predicted molar refractivity (Wildman–Crippen MR) is 57.6 cm³/mol. The third-order valence-electron chi connectivity index (χ3n) is 2.05. The first-order valence-electron chi connectivity index (χ1n) is 4.34. The summed E-state index contributed by atoms with van der Waals surface area (Å²) in [5, 5.41) is 4.99. The van der Waals surface area contributed by atoms with Crippen molar-refractivity contribution in [1.29, 1.82) is 0 Å². The Balaban J connectivity index is 0. The fourth-order valence-corrected chi connectivity index (χ4v) is 1.66. The van der Waals surface area contributed by atoms with Crippen LogP contribution in [0.25, 0.3) is 0 Å². The molecule has 5 heteroatoms. The molecule has 0 amide bonds. The van der Waals surface area contributed by atoms with E-state index >= 15 is 0 Å². The molecule has 2 N–H and O–H groups in total. The van der Waals surface area contributed by atoms with Crippen molar-refractivity contribution in [3.8, 4) is 0 Å². The summed E-state index contributed by atoms with van der Waals surface area (Å²) in [6, 6.07) is 6.66. The van der Waals surface area contributed by atoms with Gasteiger partial charge >= 0.3 is 51.4 Å². The van der Waals surface area contributed by atoms with Crippen LogP contribution in [0.4, 0.5) is 0 Å². The number of benzene rings is 1. The smallest absolute Gasteiger partial charge is 1.00 e. The maximum atomic E-state index is 11.0. The largest absolute Gasteiger partial charge is 1.00 e. The molecule has 15 heavy (non-hydrogen) atoms. The summed E-state index contributed by atoms with van der Waals surface area (Å²) in [4.78, 5) is 0.158. The number of hydrogen-bond donors (Lipinski definition) is 1. The van der Waals surface area contributed by atoms with E-state index in [0.29, 0.717) is 0 Å². The van der Waals surface area contributed by atoms with Crippen molar-refractivity contribution in [2.24, 2.45) is 5.14 Å². The summed E-state index contributed by atoms with van der Waals surface area (Å²) < 4.78 is 21.9. The van der Waals surface area contributed by atoms with Crippen molar-refractivity contribution in [2.75, 3.05) is 0 Å². The first-order chi connectivity index (χ1) is 6.21. The minimum Gasteiger partial charge on any atom is -1.00 e. The Hall–Kier alpha value is 0.766. The molecule has 1 aromatic carbocycles. The summed E-state index contributed by atoms with van der Waals surface area (Å²) >= 11 is 0. The van der Waals surface area contributed by atoms with Crippen molar-refractivity contribution in [2.45, 2.75) is 31.1 Å². The van der Waals surface area contributed by atoms with Crippen LogP contribution in [0.5, 0.6) is 0 Å². The standard InChI is InChI=1S/C10H15NO2S.K.H/c1-10(2,3)8-4-6-9(7-5-8)14(11,12)13;;/h4-7H,1-3H3,(H2,11,12,13);;/q;+1;-1. The normalized spacial score (nSPS) is 12.0. The van der Waals surface area contributed by atoms with E-state index in [1.165, 1.54) is 12.1 Å². The van der Waals surface area contributed by atoms with E-state index in [2.05, 4.69) is 20.8 Å². The molecule has 0 saturated carbocycles. The number of sulfonamides is 1. The van der Waals surface area contributed by atoms with Gasteiger partial charge in [0.1, 0.15) is 0 Å². The Kier molecular flexibility index (Phi) is 5.67. The van der Waals surface area contributed by atoms with Crippen molar-refractivity contribution < 1.29 is 61.2 Å². The van der Waals surface area contributed by atoms with Crippen LogP contribution in [0.2, 0.25) is 0 Å². The molecule has 0 aromatic heterocycles. The number of rotatable bonds is 1. The van der Waals surface area contributed by atoms with Crippen molar-refractivity contribution in [3.05, 3.63) is 29.8 Å². The van der Waals surface area contributed by atoms with Gasteiger partial charge in [-0.25, -0.2) is 13.6 Å². The van der Waals surface area contributed by atoms with Crippen LogP contribution in [0, 0.1) is 0 Å². The van der Waals surface area contributed by atoms with E-state index in [4.69, 9.17) is 5.14 Å². The maximum Gasteiger partial charge on any atom is 1.00 e. The average molecular weight is 253 g/mol. The number of nitrogens with two attached hydrogens (primary N) is 1. The molecular formula is C10H16KNO2S. The van der Waals surface area contributed by atoms with Crippen molar-refractivity contribution in [3.63, 3.8) is 0 Å². The molecule has 0 aliphatic rings. The van der Waals surface area contributed by atoms with Gasteiger partial charge in [0.25, 0.3) is 0 Å². The topological polar surface area (TPSA) is 60.2 Å². The van der Waals surface area contributed by atoms with E-state index in [9.17, 15) is 8.42 Å². The van der Waals surface area contributed by atoms with Crippen molar-refractivity contribution >= 4 is 10.0 Å². The molecule has 0 bridgehead atoms. The van der Waals surface area contributed by atoms with Gasteiger partial charge in [-0.2, -0.15) is 0 Å². The number of hydrogen-bond acceptors (Lipinski definition) is 2. The molecule has 80 valence electrons. The molecular weight excluding hydrogens is 237 g/mol. The third kappa shape index (κ3) is 4.64. The van der Waals surface area contributed by atoms with Crippen LogP contribution in [-0.4, -0.2) is 8.42 Å². The van der Waals surface area contributed by atoms with Gasteiger partial charge in [0.05, 0.1) is 4.90 Å². The fourth-order valence-electron chi connectivity index (χ4n) is 1.14. The summed E-state index contributed by atoms with van der Waals surface area (Å²) in [7, 11) is -3.57. The third-order valence-corrected chi connectivity index (χ3v) is 2.98. The van der Waals surface area contributed by atoms with Crippen molar-refractivity contribution in [1.82, 2.24) is 0 Å². The molecule has 0 radical (unpaired) electrons. The Labute approximate surface area is 135 Å². The predicted octanol–water partition coefficient (Wildman–Crippen LogP) is -1.25. The molecule has 0 fully saturated rings. The Bertz CT molecular complexity index is 423. The van der Waals surface area contributed by atoms with E-state index in [0.717, 1.165) is 5.56 Å². The minimum absolute atomic E-state index is 0. The molecule has 0 heterocycles. The van der Waals surface area contributed by atoms with Gasteiger partial charge in [-0.05, 0) is 23.1 Å². The Morgan fingerprint density at radius 2 is 1.53 bits per heavy atom. The second kappa shape index (κ2) is 5.40. The number of primary sulfonamides is 1. The first kappa shape index (κ1) is 15.8. The second-order valence-electron chi connectivity index (χ2n) is 4.32. The van der Waals surface area contributed by atoms with Crippen LogP contribution in [0.3, 0.4) is 0 Å². The van der Waals surface area contributed by atoms with Gasteiger partial charge in [-0.3, -0.25) is 0 Å². The first-order valence-corrected chi connectivity index (χ1v) is 5.89. The molecule has 0 aliphatic carbocycles. The Morgan fingerprint density at radius 1 is 1.13 bits per heavy atom. The molecule has 3 nitrogen and oxygen atoms in total. The van der Waals surface area contributed by atoms with Gasteiger partial charge < -0.3 is 1.43 Å². The van der Waals surface area contributed by atoms with Crippen LogP contribution < -0.4 is 56.5 Å². The van der Waals surface area contributed by atoms with Gasteiger partial charge in [0.15, 0.2) is 0 Å². The fraction of sp³-hybridized carbons (Fsp3) is 0.400. The van der Waals surface area contributed by atoms with Crippen LogP contribution in [0.1, 0.15) is 27.8 Å². The van der Waals surface area contributed by atoms with Crippen LogP contribution in [-0.2, 0) is 15.4 Å². The maximum absolute atomic E-state index is 11.0. The summed E-state index contributed by atoms with van der Waals surface area (Å²) in [6.45, 7) is 6.21. The molecule has 1 aromatic rings. The SMILES string of the molecule is CC(C)(C)c1ccc(S(N)(=O)=O)cc1.[H-].[K+]. The van der Waals surface area contributed by atoms with Gasteiger partial charge in [0.2, 0.25) is 10.0 Å². The molecule has 1 rings (SSSR count). The van der Waals surface area contributed by atoms with E-state index in [1.807, 2.05) is 0 Å². The summed E-state index contributed by atoms with van der Waals surface area (Å²) in [6.07, 6.45) is 0. The van der Waals surface area contributed by atoms with Gasteiger partial charge in [-0.1, -0.05) is 32.9 Å². The monoisotopic (exact) mass is 253 g/mol. The van der Waals surface area contributed by atoms with E-state index < -0.39 is 10.0 Å². The summed E-state index contributed by atoms with van der Waals surface area (Å²) in [5.41, 5.74) is 1.11. The second-order valence-corrected chi connectivity index (χ2v) is 5.88. The quantitative estimate of drug-likeness (QED) is 0.636. The zero-order valence-electron chi connectivity index (χ0n) is 10.6. The van der Waals surface area contributed by atoms with E-state index in [-0.39, 0.29) is 63.1 Å². The van der Waals surface area contributed by atoms with Gasteiger partial charge in [0, 0.05) is 0 Å². The molecule has 0 saturated heterocycles. The zero-order valence-corrected chi connectivity index (χ0v) is 13.6. The minimum atomic E-state index is -3.57. The average Bonchev–Trinajstić information content (AvgIpc) is 2.01. The van der Waals surface area contributed by atoms with Crippen LogP contribution in [0.15, 0.2) is 29.2 Å². The molecule has 0 spiro atoms. The summed E-state index contributed by atoms with van der Waals surface area (Å²) in [5.74, 6) is 0. The van der Waals surface area contributed by atoms with Crippen LogP contribution >= 0.6 is 0 Å². The molecule has 0 atom stereocenters. The van der Waals surface area contributed by atoms with E-state index in [1.54, 1.807) is 12.1 Å². The molecule has 0 unspecified atom stereocenters. The zero-order chi connectivity index (χ0) is 11.0. The van der Waals surface area contributed by atoms with Gasteiger partial charge in [-0.15, -0.1) is 0 Å². The Morgan fingerprint density at radius 3 is 1.80 bits per heavy atom.